The van der Waals surface area contributed by atoms with Crippen LogP contribution in [0.1, 0.15) is 83.1 Å². The number of hydrogen-bond acceptors (Lipinski definition) is 0. The molecule has 16 heavy (non-hydrogen) atoms. The van der Waals surface area contributed by atoms with Crippen LogP contribution in [-0.2, 0) is 0 Å². The fourth-order valence-corrected chi connectivity index (χ4v) is 0.427. The normalized spacial score (nSPS) is 6.12. The van der Waals surface area contributed by atoms with Crippen LogP contribution in [0.4, 0.5) is 0 Å². The number of hydrogen-bond donors (Lipinski definition) is 0. The van der Waals surface area contributed by atoms with Crippen LogP contribution in [0.15, 0.2) is 23.3 Å². The molecule has 0 amide bonds. The van der Waals surface area contributed by atoms with E-state index in [0.717, 1.165) is 0 Å². The van der Waals surface area contributed by atoms with E-state index in [2.05, 4.69) is 41.2 Å². The first kappa shape index (κ1) is 29.6. The summed E-state index contributed by atoms with van der Waals surface area (Å²) in [4.78, 5) is 0. The second-order valence-corrected chi connectivity index (χ2v) is 3.11. The Kier molecular flexibility index (Phi) is 54.1. The first-order valence-corrected chi connectivity index (χ1v) is 6.27. The van der Waals surface area contributed by atoms with Crippen molar-refractivity contribution in [1.82, 2.24) is 0 Å². The van der Waals surface area contributed by atoms with Gasteiger partial charge in [0.1, 0.15) is 0 Å². The largest absolute Gasteiger partial charge is 0.0959 e. The third kappa shape index (κ3) is 37.5. The average molecular weight is 230 g/mol. The monoisotopic (exact) mass is 230 g/mol. The first-order valence-electron chi connectivity index (χ1n) is 6.27. The quantitative estimate of drug-likeness (QED) is 0.424. The highest BCUT2D eigenvalue weighted by atomic mass is 13.9. The molecule has 0 aliphatic heterocycles. The van der Waals surface area contributed by atoms with E-state index in [9.17, 15) is 0 Å². The van der Waals surface area contributed by atoms with Gasteiger partial charge in [0.15, 0.2) is 0 Å². The molecule has 0 N–H and O–H groups in total. The van der Waals surface area contributed by atoms with Gasteiger partial charge in [-0.15, -0.1) is 0 Å². The topological polar surface area (TPSA) is 0 Å². The Bertz CT molecular complexity index is 134. The van der Waals surface area contributed by atoms with Crippen LogP contribution in [0, 0.1) is 0 Å². The Morgan fingerprint density at radius 1 is 0.812 bits per heavy atom. The smallest absolute Gasteiger partial charge is 0.0396 e. The Morgan fingerprint density at radius 3 is 1.00 bits per heavy atom. The lowest BCUT2D eigenvalue weighted by atomic mass is 10.1. The van der Waals surface area contributed by atoms with Gasteiger partial charge in [-0.25, -0.2) is 0 Å². The molecule has 0 aromatic rings. The molecule has 0 spiro atoms. The highest BCUT2D eigenvalue weighted by molar-refractivity contribution is 5.27. The van der Waals surface area contributed by atoms with Gasteiger partial charge < -0.3 is 0 Å². The molecule has 0 aliphatic rings. The van der Waals surface area contributed by atoms with Gasteiger partial charge in [-0.3, -0.25) is 0 Å². The van der Waals surface area contributed by atoms with Gasteiger partial charge in [-0.1, -0.05) is 78.7 Å². The average Bonchev–Trinajstić information content (AvgIpc) is 2.23. The highest BCUT2D eigenvalue weighted by Gasteiger charge is 1.88. The first-order chi connectivity index (χ1) is 6.97. The maximum atomic E-state index is 3.82. The summed E-state index contributed by atoms with van der Waals surface area (Å²) in [5, 5.41) is 0. The Morgan fingerprint density at radius 2 is 1.00 bits per heavy atom. The van der Waals surface area contributed by atoms with Crippen LogP contribution in [0.2, 0.25) is 0 Å². The van der Waals surface area contributed by atoms with Crippen LogP contribution < -0.4 is 0 Å². The number of allylic oxidation sites excluding steroid dienone is 3. The van der Waals surface area contributed by atoms with Crippen LogP contribution in [0.5, 0.6) is 0 Å². The second kappa shape index (κ2) is 29.3. The zero-order valence-electron chi connectivity index (χ0n) is 12.9. The predicted octanol–water partition coefficient (Wildman–Crippen LogP) is 7.02. The molecule has 0 heteroatoms. The fourth-order valence-electron chi connectivity index (χ4n) is 0.427. The van der Waals surface area contributed by atoms with Crippen molar-refractivity contribution in [3.05, 3.63) is 23.3 Å². The van der Waals surface area contributed by atoms with Gasteiger partial charge >= 0.3 is 0 Å². The Labute approximate surface area is 107 Å². The molecule has 0 saturated heterocycles. The van der Waals surface area contributed by atoms with E-state index in [1.54, 1.807) is 0 Å². The molecule has 0 aromatic heterocycles. The van der Waals surface area contributed by atoms with E-state index in [1.165, 1.54) is 23.1 Å². The summed E-state index contributed by atoms with van der Waals surface area (Å²) in [6, 6.07) is 0. The molecular weight excluding hydrogens is 192 g/mol. The zero-order valence-corrected chi connectivity index (χ0v) is 12.9. The van der Waals surface area contributed by atoms with Crippen molar-refractivity contribution in [2.45, 2.75) is 83.1 Å². The van der Waals surface area contributed by atoms with E-state index in [0.29, 0.717) is 0 Å². The maximum Gasteiger partial charge on any atom is -0.0396 e. The molecule has 102 valence electrons. The van der Waals surface area contributed by atoms with Gasteiger partial charge in [0.2, 0.25) is 0 Å². The summed E-state index contributed by atoms with van der Waals surface area (Å²) in [5.74, 6) is 0. The van der Waals surface area contributed by atoms with Crippen molar-refractivity contribution in [1.29, 1.82) is 0 Å². The predicted molar refractivity (Wildman–Crippen MR) is 84.3 cm³/mol. The highest BCUT2D eigenvalue weighted by Crippen LogP contribution is 2.09. The van der Waals surface area contributed by atoms with E-state index >= 15 is 0 Å². The van der Waals surface area contributed by atoms with Gasteiger partial charge in [0.25, 0.3) is 0 Å². The van der Waals surface area contributed by atoms with Crippen molar-refractivity contribution in [3.63, 3.8) is 0 Å². The van der Waals surface area contributed by atoms with Crippen molar-refractivity contribution >= 4 is 0 Å². The van der Waals surface area contributed by atoms with Crippen LogP contribution in [-0.4, -0.2) is 0 Å². The molecule has 0 aromatic carbocycles. The van der Waals surface area contributed by atoms with E-state index in [1.807, 2.05) is 34.6 Å². The summed E-state index contributed by atoms with van der Waals surface area (Å²) >= 11 is 0. The third-order valence-electron chi connectivity index (χ3n) is 1.39. The molecule has 0 aliphatic carbocycles. The molecule has 0 heterocycles. The van der Waals surface area contributed by atoms with Gasteiger partial charge in [0.05, 0.1) is 0 Å². The molecular formula is C16H38. The molecule has 0 saturated carbocycles. The lowest BCUT2D eigenvalue weighted by Gasteiger charge is -1.99. The SMILES string of the molecule is C.C=C(C)C(C)=C(C)C.CC.CC.CCC. The standard InChI is InChI=1S/C8H14.C3H8.2C2H6.CH4/c1-6(2)8(5)7(3)4;1-3-2;2*1-2;/h1H2,2-5H3;3H2,1-2H3;2*1-2H3;1H4. The minimum Gasteiger partial charge on any atom is -0.0959 e. The molecule has 0 bridgehead atoms. The summed E-state index contributed by atoms with van der Waals surface area (Å²) in [7, 11) is 0. The van der Waals surface area contributed by atoms with Crippen LogP contribution in [0.3, 0.4) is 0 Å². The lowest BCUT2D eigenvalue weighted by molar-refractivity contribution is 1.09. The lowest BCUT2D eigenvalue weighted by Crippen LogP contribution is -1.78. The van der Waals surface area contributed by atoms with Crippen LogP contribution in [0.25, 0.3) is 0 Å². The Balaban J connectivity index is -0.0000000430. The van der Waals surface area contributed by atoms with E-state index < -0.39 is 0 Å². The molecule has 0 unspecified atom stereocenters. The zero-order chi connectivity index (χ0) is 13.4. The van der Waals surface area contributed by atoms with Crippen molar-refractivity contribution < 1.29 is 0 Å². The van der Waals surface area contributed by atoms with Gasteiger partial charge in [-0.05, 0) is 27.7 Å². The summed E-state index contributed by atoms with van der Waals surface area (Å²) in [5.41, 5.74) is 3.85. The molecule has 0 fully saturated rings. The van der Waals surface area contributed by atoms with Gasteiger partial charge in [0, 0.05) is 0 Å². The molecule has 0 nitrogen and oxygen atoms in total. The number of rotatable bonds is 1. The summed E-state index contributed by atoms with van der Waals surface area (Å²) in [6.45, 7) is 24.4. The van der Waals surface area contributed by atoms with Gasteiger partial charge in [-0.2, -0.15) is 0 Å². The van der Waals surface area contributed by atoms with Crippen molar-refractivity contribution in [2.24, 2.45) is 0 Å². The van der Waals surface area contributed by atoms with E-state index in [4.69, 9.17) is 0 Å². The minimum absolute atomic E-state index is 0. The molecule has 0 rings (SSSR count). The second-order valence-electron chi connectivity index (χ2n) is 3.11. The van der Waals surface area contributed by atoms with E-state index in [-0.39, 0.29) is 7.43 Å². The minimum atomic E-state index is 0. The van der Waals surface area contributed by atoms with Crippen molar-refractivity contribution in [2.75, 3.05) is 0 Å². The molecule has 0 radical (unpaired) electrons. The fraction of sp³-hybridized carbons (Fsp3) is 0.750. The Hall–Kier alpha value is -0.520. The third-order valence-corrected chi connectivity index (χ3v) is 1.39. The van der Waals surface area contributed by atoms with Crippen molar-refractivity contribution in [3.8, 4) is 0 Å². The molecule has 0 atom stereocenters. The van der Waals surface area contributed by atoms with Crippen LogP contribution >= 0.6 is 0 Å². The summed E-state index contributed by atoms with van der Waals surface area (Å²) < 4.78 is 0. The maximum absolute atomic E-state index is 3.82. The summed E-state index contributed by atoms with van der Waals surface area (Å²) in [6.07, 6.45) is 1.25.